The third kappa shape index (κ3) is 2.08. The van der Waals surface area contributed by atoms with Crippen molar-refractivity contribution < 1.29 is 0 Å². The van der Waals surface area contributed by atoms with Gasteiger partial charge in [0.15, 0.2) is 0 Å². The SMILES string of the molecule is Cc1nc(CC#N)sc1-c1ccccc1Cl. The minimum absolute atomic E-state index is 0.357. The Kier molecular flexibility index (Phi) is 3.23. The highest BCUT2D eigenvalue weighted by Gasteiger charge is 2.11. The van der Waals surface area contributed by atoms with E-state index in [0.717, 1.165) is 26.2 Å². The standard InChI is InChI=1S/C12H9ClN2S/c1-8-12(16-11(15-8)6-7-14)9-4-2-3-5-10(9)13/h2-5H,6H2,1H3. The lowest BCUT2D eigenvalue weighted by Gasteiger charge is -2.00. The number of benzene rings is 1. The van der Waals surface area contributed by atoms with Gasteiger partial charge < -0.3 is 0 Å². The second kappa shape index (κ2) is 4.65. The molecule has 0 aliphatic carbocycles. The number of nitrogens with zero attached hydrogens (tertiary/aromatic N) is 2. The molecule has 1 aromatic carbocycles. The Morgan fingerprint density at radius 2 is 2.19 bits per heavy atom. The highest BCUT2D eigenvalue weighted by Crippen LogP contribution is 2.34. The second-order valence-corrected chi connectivity index (χ2v) is 4.83. The van der Waals surface area contributed by atoms with Crippen LogP contribution >= 0.6 is 22.9 Å². The molecular weight excluding hydrogens is 240 g/mol. The van der Waals surface area contributed by atoms with Gasteiger partial charge in [-0.25, -0.2) is 4.98 Å². The molecule has 0 N–H and O–H groups in total. The number of nitriles is 1. The zero-order chi connectivity index (χ0) is 11.5. The average molecular weight is 249 g/mol. The summed E-state index contributed by atoms with van der Waals surface area (Å²) in [6.07, 6.45) is 0.357. The number of aryl methyl sites for hydroxylation is 1. The molecule has 0 bridgehead atoms. The molecule has 0 radical (unpaired) electrons. The number of hydrogen-bond acceptors (Lipinski definition) is 3. The first-order valence-corrected chi connectivity index (χ1v) is 6.00. The molecule has 0 saturated carbocycles. The van der Waals surface area contributed by atoms with Crippen LogP contribution < -0.4 is 0 Å². The van der Waals surface area contributed by atoms with Gasteiger partial charge in [0.25, 0.3) is 0 Å². The molecule has 16 heavy (non-hydrogen) atoms. The lowest BCUT2D eigenvalue weighted by molar-refractivity contribution is 1.14. The van der Waals surface area contributed by atoms with E-state index in [1.165, 1.54) is 11.3 Å². The van der Waals surface area contributed by atoms with Crippen LogP contribution in [0.2, 0.25) is 5.02 Å². The highest BCUT2D eigenvalue weighted by molar-refractivity contribution is 7.15. The number of aromatic nitrogens is 1. The summed E-state index contributed by atoms with van der Waals surface area (Å²) in [5, 5.41) is 10.2. The molecule has 0 fully saturated rings. The maximum Gasteiger partial charge on any atom is 0.108 e. The van der Waals surface area contributed by atoms with E-state index in [2.05, 4.69) is 11.1 Å². The number of halogens is 1. The minimum Gasteiger partial charge on any atom is -0.245 e. The van der Waals surface area contributed by atoms with Crippen molar-refractivity contribution in [1.29, 1.82) is 5.26 Å². The van der Waals surface area contributed by atoms with E-state index in [0.29, 0.717) is 6.42 Å². The van der Waals surface area contributed by atoms with Gasteiger partial charge in [-0.3, -0.25) is 0 Å². The average Bonchev–Trinajstić information content (AvgIpc) is 2.61. The Balaban J connectivity index is 2.49. The quantitative estimate of drug-likeness (QED) is 0.810. The molecule has 2 aromatic rings. The monoisotopic (exact) mass is 248 g/mol. The lowest BCUT2D eigenvalue weighted by Crippen LogP contribution is -1.80. The predicted molar refractivity (Wildman–Crippen MR) is 66.6 cm³/mol. The van der Waals surface area contributed by atoms with Gasteiger partial charge in [0, 0.05) is 10.6 Å². The second-order valence-electron chi connectivity index (χ2n) is 3.34. The largest absolute Gasteiger partial charge is 0.245 e. The summed E-state index contributed by atoms with van der Waals surface area (Å²) in [5.74, 6) is 0. The van der Waals surface area contributed by atoms with Crippen molar-refractivity contribution in [2.45, 2.75) is 13.3 Å². The fourth-order valence-electron chi connectivity index (χ4n) is 1.49. The summed E-state index contributed by atoms with van der Waals surface area (Å²) in [5.41, 5.74) is 1.92. The zero-order valence-electron chi connectivity index (χ0n) is 8.70. The normalized spacial score (nSPS) is 10.1. The van der Waals surface area contributed by atoms with E-state index in [1.807, 2.05) is 31.2 Å². The van der Waals surface area contributed by atoms with Crippen molar-refractivity contribution >= 4 is 22.9 Å². The molecule has 0 unspecified atom stereocenters. The van der Waals surface area contributed by atoms with E-state index in [4.69, 9.17) is 16.9 Å². The predicted octanol–water partition coefficient (Wildman–Crippen LogP) is 3.84. The van der Waals surface area contributed by atoms with Crippen molar-refractivity contribution in [3.05, 3.63) is 40.0 Å². The maximum absolute atomic E-state index is 8.64. The summed E-state index contributed by atoms with van der Waals surface area (Å²) in [6, 6.07) is 9.79. The Morgan fingerprint density at radius 1 is 1.44 bits per heavy atom. The van der Waals surface area contributed by atoms with Crippen LogP contribution in [-0.2, 0) is 6.42 Å². The summed E-state index contributed by atoms with van der Waals surface area (Å²) < 4.78 is 0. The Bertz CT molecular complexity index is 554. The molecule has 0 saturated heterocycles. The van der Waals surface area contributed by atoms with Crippen LogP contribution in [0.25, 0.3) is 10.4 Å². The third-order valence-corrected chi connectivity index (χ3v) is 3.71. The van der Waals surface area contributed by atoms with Gasteiger partial charge in [0.05, 0.1) is 23.1 Å². The van der Waals surface area contributed by atoms with Gasteiger partial charge in [-0.05, 0) is 13.0 Å². The summed E-state index contributed by atoms with van der Waals surface area (Å²) in [4.78, 5) is 5.41. The molecule has 0 aliphatic rings. The molecular formula is C12H9ClN2S. The van der Waals surface area contributed by atoms with Crippen LogP contribution in [0.15, 0.2) is 24.3 Å². The molecule has 1 aromatic heterocycles. The van der Waals surface area contributed by atoms with Crippen LogP contribution in [0.1, 0.15) is 10.7 Å². The first kappa shape index (κ1) is 11.1. The smallest absolute Gasteiger partial charge is 0.108 e. The van der Waals surface area contributed by atoms with E-state index >= 15 is 0 Å². The first-order valence-electron chi connectivity index (χ1n) is 4.80. The van der Waals surface area contributed by atoms with Crippen LogP contribution in [0, 0.1) is 18.3 Å². The van der Waals surface area contributed by atoms with Crippen LogP contribution in [-0.4, -0.2) is 4.98 Å². The van der Waals surface area contributed by atoms with Crippen LogP contribution in [0.4, 0.5) is 0 Å². The molecule has 2 rings (SSSR count). The van der Waals surface area contributed by atoms with Crippen LogP contribution in [0.5, 0.6) is 0 Å². The van der Waals surface area contributed by atoms with Gasteiger partial charge >= 0.3 is 0 Å². The minimum atomic E-state index is 0.357. The summed E-state index contributed by atoms with van der Waals surface area (Å²) >= 11 is 7.66. The number of thiazole rings is 1. The molecule has 0 aliphatic heterocycles. The van der Waals surface area contributed by atoms with Gasteiger partial charge in [-0.1, -0.05) is 29.8 Å². The van der Waals surface area contributed by atoms with E-state index < -0.39 is 0 Å². The molecule has 0 atom stereocenters. The van der Waals surface area contributed by atoms with Crippen molar-refractivity contribution in [3.63, 3.8) is 0 Å². The van der Waals surface area contributed by atoms with Crippen molar-refractivity contribution in [3.8, 4) is 16.5 Å². The van der Waals surface area contributed by atoms with E-state index in [-0.39, 0.29) is 0 Å². The molecule has 0 amide bonds. The molecule has 2 nitrogen and oxygen atoms in total. The lowest BCUT2D eigenvalue weighted by atomic mass is 10.2. The number of rotatable bonds is 2. The van der Waals surface area contributed by atoms with Gasteiger partial charge in [0.2, 0.25) is 0 Å². The molecule has 0 spiro atoms. The van der Waals surface area contributed by atoms with Crippen molar-refractivity contribution in [1.82, 2.24) is 4.98 Å². The topological polar surface area (TPSA) is 36.7 Å². The third-order valence-electron chi connectivity index (χ3n) is 2.19. The molecule has 4 heteroatoms. The first-order chi connectivity index (χ1) is 7.72. The Labute approximate surface area is 103 Å². The molecule has 80 valence electrons. The van der Waals surface area contributed by atoms with Gasteiger partial charge in [0.1, 0.15) is 5.01 Å². The Morgan fingerprint density at radius 3 is 2.88 bits per heavy atom. The zero-order valence-corrected chi connectivity index (χ0v) is 10.3. The highest BCUT2D eigenvalue weighted by atomic mass is 35.5. The summed E-state index contributed by atoms with van der Waals surface area (Å²) in [7, 11) is 0. The number of hydrogen-bond donors (Lipinski definition) is 0. The van der Waals surface area contributed by atoms with E-state index in [9.17, 15) is 0 Å². The Hall–Kier alpha value is -1.37. The van der Waals surface area contributed by atoms with Crippen molar-refractivity contribution in [2.75, 3.05) is 0 Å². The maximum atomic E-state index is 8.64. The van der Waals surface area contributed by atoms with Crippen LogP contribution in [0.3, 0.4) is 0 Å². The van der Waals surface area contributed by atoms with E-state index in [1.54, 1.807) is 0 Å². The fourth-order valence-corrected chi connectivity index (χ4v) is 2.81. The molecule has 1 heterocycles. The van der Waals surface area contributed by atoms with Gasteiger partial charge in [-0.2, -0.15) is 5.26 Å². The van der Waals surface area contributed by atoms with Crippen molar-refractivity contribution in [2.24, 2.45) is 0 Å². The summed E-state index contributed by atoms with van der Waals surface area (Å²) in [6.45, 7) is 1.94. The van der Waals surface area contributed by atoms with Gasteiger partial charge in [-0.15, -0.1) is 11.3 Å². The fraction of sp³-hybridized carbons (Fsp3) is 0.167.